The topological polar surface area (TPSA) is 43.0 Å². The van der Waals surface area contributed by atoms with Gasteiger partial charge in [0.15, 0.2) is 0 Å². The van der Waals surface area contributed by atoms with Gasteiger partial charge in [0, 0.05) is 12.6 Å². The van der Waals surface area contributed by atoms with Crippen LogP contribution in [0.25, 0.3) is 0 Å². The zero-order chi connectivity index (χ0) is 21.9. The number of methoxy groups -OCH3 is 1. The van der Waals surface area contributed by atoms with Gasteiger partial charge < -0.3 is 24.4 Å². The third kappa shape index (κ3) is 8.08. The molecule has 2 aromatic rings. The first-order valence-electron chi connectivity index (χ1n) is 11.6. The minimum Gasteiger partial charge on any atom is -0.497 e. The molecular formula is C26H38N2O3. The molecule has 31 heavy (non-hydrogen) atoms. The van der Waals surface area contributed by atoms with Gasteiger partial charge >= 0.3 is 0 Å². The lowest BCUT2D eigenvalue weighted by atomic mass is 10.0. The van der Waals surface area contributed by atoms with Crippen molar-refractivity contribution >= 4 is 0 Å². The maximum Gasteiger partial charge on any atom is 0.119 e. The van der Waals surface area contributed by atoms with Crippen LogP contribution in [0.5, 0.6) is 17.2 Å². The van der Waals surface area contributed by atoms with Gasteiger partial charge in [0.05, 0.1) is 20.3 Å². The third-order valence-electron chi connectivity index (χ3n) is 6.04. The molecule has 0 bridgehead atoms. The van der Waals surface area contributed by atoms with Crippen LogP contribution in [0.3, 0.4) is 0 Å². The highest BCUT2D eigenvalue weighted by molar-refractivity contribution is 5.33. The fourth-order valence-electron chi connectivity index (χ4n) is 3.88. The molecular weight excluding hydrogens is 388 g/mol. The first-order chi connectivity index (χ1) is 15.1. The fraction of sp³-hybridized carbons (Fsp3) is 0.538. The first kappa shape index (κ1) is 23.4. The summed E-state index contributed by atoms with van der Waals surface area (Å²) in [5.74, 6) is 2.74. The molecule has 0 atom stereocenters. The van der Waals surface area contributed by atoms with Gasteiger partial charge in [-0.1, -0.05) is 6.07 Å². The Morgan fingerprint density at radius 2 is 1.48 bits per heavy atom. The Kier molecular flexibility index (Phi) is 9.50. The van der Waals surface area contributed by atoms with Crippen molar-refractivity contribution in [3.63, 3.8) is 0 Å². The van der Waals surface area contributed by atoms with Crippen molar-refractivity contribution in [3.05, 3.63) is 53.6 Å². The second-order valence-corrected chi connectivity index (χ2v) is 8.40. The van der Waals surface area contributed by atoms with Crippen LogP contribution in [0, 0.1) is 13.8 Å². The van der Waals surface area contributed by atoms with Gasteiger partial charge in [-0.25, -0.2) is 0 Å². The number of hydrogen-bond acceptors (Lipinski definition) is 5. The molecule has 0 amide bonds. The summed E-state index contributed by atoms with van der Waals surface area (Å²) < 4.78 is 16.9. The van der Waals surface area contributed by atoms with Crippen molar-refractivity contribution < 1.29 is 14.2 Å². The van der Waals surface area contributed by atoms with Gasteiger partial charge in [0.25, 0.3) is 0 Å². The van der Waals surface area contributed by atoms with Crippen LogP contribution < -0.4 is 19.5 Å². The van der Waals surface area contributed by atoms with E-state index in [0.717, 1.165) is 56.4 Å². The van der Waals surface area contributed by atoms with Crippen molar-refractivity contribution in [1.82, 2.24) is 10.2 Å². The molecule has 0 unspecified atom stereocenters. The van der Waals surface area contributed by atoms with E-state index in [1.807, 2.05) is 24.3 Å². The van der Waals surface area contributed by atoms with Crippen LogP contribution in [0.4, 0.5) is 0 Å². The Bertz CT molecular complexity index is 771. The zero-order valence-corrected chi connectivity index (χ0v) is 19.4. The average Bonchev–Trinajstić information content (AvgIpc) is 2.80. The van der Waals surface area contributed by atoms with Gasteiger partial charge in [-0.15, -0.1) is 0 Å². The average molecular weight is 427 g/mol. The number of hydrogen-bond donors (Lipinski definition) is 1. The van der Waals surface area contributed by atoms with Crippen LogP contribution in [0.15, 0.2) is 42.5 Å². The summed E-state index contributed by atoms with van der Waals surface area (Å²) in [5, 5.41) is 3.69. The number of nitrogens with zero attached hydrogens (tertiary/aromatic N) is 1. The highest BCUT2D eigenvalue weighted by atomic mass is 16.5. The molecule has 0 saturated carbocycles. The molecule has 1 fully saturated rings. The Labute approximate surface area is 187 Å². The summed E-state index contributed by atoms with van der Waals surface area (Å²) in [4.78, 5) is 2.56. The van der Waals surface area contributed by atoms with Crippen LogP contribution >= 0.6 is 0 Å². The van der Waals surface area contributed by atoms with E-state index in [0.29, 0.717) is 6.04 Å². The molecule has 1 saturated heterocycles. The van der Waals surface area contributed by atoms with Crippen molar-refractivity contribution in [3.8, 4) is 17.2 Å². The lowest BCUT2D eigenvalue weighted by Gasteiger charge is -2.32. The minimum atomic E-state index is 0.629. The number of benzene rings is 2. The lowest BCUT2D eigenvalue weighted by Crippen LogP contribution is -2.43. The molecule has 5 heteroatoms. The number of nitrogens with one attached hydrogen (secondary N) is 1. The van der Waals surface area contributed by atoms with Gasteiger partial charge in [-0.05, 0) is 107 Å². The van der Waals surface area contributed by atoms with Crippen molar-refractivity contribution in [1.29, 1.82) is 0 Å². The summed E-state index contributed by atoms with van der Waals surface area (Å²) in [6.45, 7) is 10.3. The summed E-state index contributed by atoms with van der Waals surface area (Å²) in [5.41, 5.74) is 2.60. The molecule has 0 radical (unpaired) electrons. The van der Waals surface area contributed by atoms with E-state index in [4.69, 9.17) is 14.2 Å². The molecule has 1 aliphatic heterocycles. The zero-order valence-electron chi connectivity index (χ0n) is 19.4. The van der Waals surface area contributed by atoms with E-state index in [2.05, 4.69) is 42.3 Å². The van der Waals surface area contributed by atoms with Gasteiger partial charge in [-0.3, -0.25) is 0 Å². The van der Waals surface area contributed by atoms with Crippen molar-refractivity contribution in [2.45, 2.75) is 45.6 Å². The van der Waals surface area contributed by atoms with Gasteiger partial charge in [0.2, 0.25) is 0 Å². The molecule has 0 aliphatic carbocycles. The van der Waals surface area contributed by atoms with E-state index < -0.39 is 0 Å². The van der Waals surface area contributed by atoms with Gasteiger partial charge in [0.1, 0.15) is 17.2 Å². The van der Waals surface area contributed by atoms with Crippen molar-refractivity contribution in [2.75, 3.05) is 46.5 Å². The van der Waals surface area contributed by atoms with E-state index >= 15 is 0 Å². The smallest absolute Gasteiger partial charge is 0.119 e. The largest absolute Gasteiger partial charge is 0.497 e. The molecule has 1 N–H and O–H groups in total. The Hall–Kier alpha value is -2.24. The lowest BCUT2D eigenvalue weighted by molar-refractivity contribution is 0.181. The second kappa shape index (κ2) is 12.6. The van der Waals surface area contributed by atoms with E-state index in [9.17, 15) is 0 Å². The summed E-state index contributed by atoms with van der Waals surface area (Å²) in [6, 6.07) is 14.7. The number of likely N-dealkylation sites (tertiary alicyclic amines) is 1. The quantitative estimate of drug-likeness (QED) is 0.502. The first-order valence-corrected chi connectivity index (χ1v) is 11.6. The maximum absolute atomic E-state index is 5.92. The molecule has 1 heterocycles. The van der Waals surface area contributed by atoms with Crippen LogP contribution in [0.1, 0.15) is 36.8 Å². The predicted octanol–water partition coefficient (Wildman–Crippen LogP) is 4.60. The Morgan fingerprint density at radius 3 is 2.19 bits per heavy atom. The molecule has 0 spiro atoms. The normalized spacial score (nSPS) is 15.1. The van der Waals surface area contributed by atoms with E-state index in [1.165, 1.54) is 37.1 Å². The Balaban J connectivity index is 1.20. The molecule has 0 aromatic heterocycles. The molecule has 5 nitrogen and oxygen atoms in total. The second-order valence-electron chi connectivity index (χ2n) is 8.40. The summed E-state index contributed by atoms with van der Waals surface area (Å²) in [6.07, 6.45) is 4.53. The number of rotatable bonds is 12. The van der Waals surface area contributed by atoms with Gasteiger partial charge in [-0.2, -0.15) is 0 Å². The van der Waals surface area contributed by atoms with Crippen LogP contribution in [-0.2, 0) is 0 Å². The molecule has 2 aromatic carbocycles. The number of piperidine rings is 1. The minimum absolute atomic E-state index is 0.629. The summed E-state index contributed by atoms with van der Waals surface area (Å²) >= 11 is 0. The van der Waals surface area contributed by atoms with E-state index in [-0.39, 0.29) is 0 Å². The van der Waals surface area contributed by atoms with Crippen LogP contribution in [0.2, 0.25) is 0 Å². The molecule has 3 rings (SSSR count). The number of ether oxygens (including phenoxy) is 3. The van der Waals surface area contributed by atoms with Crippen molar-refractivity contribution in [2.24, 2.45) is 0 Å². The standard InChI is InChI=1S/C26H38N2O3/c1-21-6-7-26(20-22(21)2)31-19-5-15-28-16-12-23(13-17-28)27-14-4-18-30-25-10-8-24(29-3)9-11-25/h6-11,20,23,27H,4-5,12-19H2,1-3H3. The predicted molar refractivity (Wildman–Crippen MR) is 127 cm³/mol. The third-order valence-corrected chi connectivity index (χ3v) is 6.04. The van der Waals surface area contributed by atoms with Crippen LogP contribution in [-0.4, -0.2) is 57.4 Å². The highest BCUT2D eigenvalue weighted by Gasteiger charge is 2.18. The highest BCUT2D eigenvalue weighted by Crippen LogP contribution is 2.18. The molecule has 1 aliphatic rings. The Morgan fingerprint density at radius 1 is 0.839 bits per heavy atom. The monoisotopic (exact) mass is 426 g/mol. The SMILES string of the molecule is COc1ccc(OCCCNC2CCN(CCCOc3ccc(C)c(C)c3)CC2)cc1. The fourth-order valence-corrected chi connectivity index (χ4v) is 3.88. The number of aryl methyl sites for hydroxylation is 2. The summed E-state index contributed by atoms with van der Waals surface area (Å²) in [7, 11) is 1.67. The molecule has 170 valence electrons. The maximum atomic E-state index is 5.92. The van der Waals surface area contributed by atoms with E-state index in [1.54, 1.807) is 7.11 Å².